The minimum Gasteiger partial charge on any atom is -0.507 e. The molecule has 12 heteroatoms. The van der Waals surface area contributed by atoms with E-state index in [-0.39, 0.29) is 23.7 Å². The fourth-order valence-corrected chi connectivity index (χ4v) is 7.39. The second kappa shape index (κ2) is 16.8. The first-order valence-corrected chi connectivity index (χ1v) is 19.3. The van der Waals surface area contributed by atoms with Crippen LogP contribution in [0.5, 0.6) is 11.5 Å². The maximum atomic E-state index is 11.8. The molecule has 2 aliphatic rings. The van der Waals surface area contributed by atoms with Crippen LogP contribution in [0.1, 0.15) is 37.8 Å². The van der Waals surface area contributed by atoms with Crippen molar-refractivity contribution in [3.05, 3.63) is 96.1 Å². The average molecular weight is 755 g/mol. The smallest absolute Gasteiger partial charge is 0.407 e. The van der Waals surface area contributed by atoms with E-state index >= 15 is 0 Å². The van der Waals surface area contributed by atoms with Gasteiger partial charge in [0.1, 0.15) is 23.1 Å². The molecule has 0 bridgehead atoms. The monoisotopic (exact) mass is 754 g/mol. The van der Waals surface area contributed by atoms with E-state index in [9.17, 15) is 15.0 Å². The number of aromatic hydroxyl groups is 2. The third-order valence-electron chi connectivity index (χ3n) is 10.3. The molecule has 0 radical (unpaired) electrons. The number of carbonyl (C=O) groups is 1. The van der Waals surface area contributed by atoms with Crippen molar-refractivity contribution in [3.63, 3.8) is 0 Å². The molecule has 8 rings (SSSR count). The average Bonchev–Trinajstić information content (AvgIpc) is 3.87. The fourth-order valence-electron chi connectivity index (χ4n) is 7.39. The molecule has 0 spiro atoms. The Kier molecular flexibility index (Phi) is 11.5. The molecule has 0 saturated carbocycles. The van der Waals surface area contributed by atoms with Crippen LogP contribution in [0.3, 0.4) is 0 Å². The molecule has 2 fully saturated rings. The van der Waals surface area contributed by atoms with E-state index in [1.807, 2.05) is 51.1 Å². The molecule has 4 heterocycles. The number of alkyl carbamates (subject to hydrolysis) is 1. The Morgan fingerprint density at radius 3 is 1.70 bits per heavy atom. The number of amides is 1. The number of rotatable bonds is 8. The van der Waals surface area contributed by atoms with Gasteiger partial charge in [-0.1, -0.05) is 36.4 Å². The van der Waals surface area contributed by atoms with Crippen LogP contribution in [-0.4, -0.2) is 81.6 Å². The van der Waals surface area contributed by atoms with Crippen LogP contribution in [0.25, 0.3) is 44.6 Å². The lowest BCUT2D eigenvalue weighted by atomic mass is 10.1. The molecule has 56 heavy (non-hydrogen) atoms. The predicted molar refractivity (Wildman–Crippen MR) is 222 cm³/mol. The van der Waals surface area contributed by atoms with E-state index < -0.39 is 0 Å². The Hall–Kier alpha value is -6.01. The van der Waals surface area contributed by atoms with Crippen molar-refractivity contribution in [2.45, 2.75) is 46.6 Å². The van der Waals surface area contributed by atoms with Crippen LogP contribution >= 0.6 is 0 Å². The summed E-state index contributed by atoms with van der Waals surface area (Å²) in [6.45, 7) is 12.5. The molecule has 12 nitrogen and oxygen atoms in total. The number of hydrogen-bond donors (Lipinski definition) is 4. The molecule has 2 aliphatic heterocycles. The molecule has 4 aromatic carbocycles. The molecule has 5 N–H and O–H groups in total. The molecule has 0 aliphatic carbocycles. The number of anilines is 2. The molecule has 290 valence electrons. The van der Waals surface area contributed by atoms with E-state index in [1.54, 1.807) is 24.3 Å². The first-order valence-electron chi connectivity index (χ1n) is 19.3. The molecule has 1 amide bonds. The highest BCUT2D eigenvalue weighted by atomic mass is 16.6. The topological polar surface area (TPSA) is 163 Å². The highest BCUT2D eigenvalue weighted by Gasteiger charge is 2.27. The molecule has 6 aromatic rings. The van der Waals surface area contributed by atoms with Gasteiger partial charge in [0, 0.05) is 43.5 Å². The number of phenolic OH excluding ortho intramolecular Hbond substituents is 2. The second-order valence-corrected chi connectivity index (χ2v) is 15.1. The summed E-state index contributed by atoms with van der Waals surface area (Å²) in [5.41, 5.74) is 11.1. The Morgan fingerprint density at radius 1 is 0.750 bits per heavy atom. The first-order chi connectivity index (χ1) is 27.1. The van der Waals surface area contributed by atoms with Crippen molar-refractivity contribution in [3.8, 4) is 34.3 Å². The lowest BCUT2D eigenvalue weighted by Gasteiger charge is -2.21. The summed E-state index contributed by atoms with van der Waals surface area (Å²) in [6, 6.07) is 26.7. The first kappa shape index (κ1) is 38.3. The molecular weight excluding hydrogens is 705 g/mol. The number of carbonyl (C=O) groups excluding carboxylic acids is 1. The van der Waals surface area contributed by atoms with E-state index in [1.165, 1.54) is 0 Å². The number of benzene rings is 4. The van der Waals surface area contributed by atoms with Gasteiger partial charge < -0.3 is 35.8 Å². The van der Waals surface area contributed by atoms with Gasteiger partial charge >= 0.3 is 6.09 Å². The number of aryl methyl sites for hydroxylation is 2. The summed E-state index contributed by atoms with van der Waals surface area (Å²) >= 11 is 0. The van der Waals surface area contributed by atoms with Gasteiger partial charge in [0.05, 0.1) is 28.3 Å². The van der Waals surface area contributed by atoms with Crippen LogP contribution < -0.4 is 20.9 Å². The number of hydrogen-bond acceptors (Lipinski definition) is 11. The van der Waals surface area contributed by atoms with Gasteiger partial charge in [-0.15, -0.1) is 0 Å². The summed E-state index contributed by atoms with van der Waals surface area (Å²) in [7, 11) is 0. The molecule has 2 aromatic heterocycles. The van der Waals surface area contributed by atoms with E-state index in [2.05, 4.69) is 52.4 Å². The number of ether oxygens (including phenoxy) is 1. The van der Waals surface area contributed by atoms with Crippen molar-refractivity contribution in [1.29, 1.82) is 0 Å². The third kappa shape index (κ3) is 8.60. The quantitative estimate of drug-likeness (QED) is 0.123. The highest BCUT2D eigenvalue weighted by Crippen LogP contribution is 2.35. The zero-order chi connectivity index (χ0) is 39.3. The minimum atomic E-state index is -0.377. The Morgan fingerprint density at radius 2 is 1.23 bits per heavy atom. The fraction of sp³-hybridized carbons (Fsp3) is 0.341. The van der Waals surface area contributed by atoms with Crippen molar-refractivity contribution in [2.24, 2.45) is 17.6 Å². The van der Waals surface area contributed by atoms with E-state index in [0.717, 1.165) is 83.6 Å². The highest BCUT2D eigenvalue weighted by molar-refractivity contribution is 5.93. The van der Waals surface area contributed by atoms with Gasteiger partial charge in [0.2, 0.25) is 0 Å². The van der Waals surface area contributed by atoms with Crippen LogP contribution in [0.2, 0.25) is 0 Å². The Bertz CT molecular complexity index is 2350. The zero-order valence-electron chi connectivity index (χ0n) is 32.4. The van der Waals surface area contributed by atoms with Gasteiger partial charge in [0.25, 0.3) is 0 Å². The van der Waals surface area contributed by atoms with Gasteiger partial charge in [-0.3, -0.25) is 0 Å². The molecule has 2 atom stereocenters. The maximum absolute atomic E-state index is 11.8. The Balaban J connectivity index is 0.000000175. The van der Waals surface area contributed by atoms with Crippen molar-refractivity contribution >= 4 is 39.5 Å². The number of nitrogens with zero attached hydrogens (tertiary/aromatic N) is 6. The number of fused-ring (bicyclic) bond motifs is 2. The summed E-state index contributed by atoms with van der Waals surface area (Å²) in [5.74, 6) is 4.02. The van der Waals surface area contributed by atoms with Gasteiger partial charge in [-0.25, -0.2) is 24.7 Å². The maximum Gasteiger partial charge on any atom is 0.407 e. The lowest BCUT2D eigenvalue weighted by Crippen LogP contribution is -2.32. The molecule has 2 saturated heterocycles. The van der Waals surface area contributed by atoms with E-state index in [0.29, 0.717) is 47.7 Å². The number of nitrogens with one attached hydrogen (secondary N) is 1. The summed E-state index contributed by atoms with van der Waals surface area (Å²) in [6.07, 6.45) is 1.52. The zero-order valence-corrected chi connectivity index (χ0v) is 32.4. The summed E-state index contributed by atoms with van der Waals surface area (Å²) in [5, 5.41) is 25.4. The van der Waals surface area contributed by atoms with Crippen molar-refractivity contribution in [1.82, 2.24) is 25.3 Å². The molecule has 0 unspecified atom stereocenters. The van der Waals surface area contributed by atoms with E-state index in [4.69, 9.17) is 30.4 Å². The van der Waals surface area contributed by atoms with Crippen LogP contribution in [0.4, 0.5) is 16.4 Å². The normalized spacial score (nSPS) is 16.7. The summed E-state index contributed by atoms with van der Waals surface area (Å²) in [4.78, 5) is 35.5. The standard InChI is InChI=1S/C24H28N4O3.C20H22N4O/c1-15(2)31-24(30)25-13-17-10-11-28(14-17)23-18-9-8-16(3)12-20(18)26-22(27-23)19-6-4-5-7-21(19)29;1-13-6-7-15-17(10-13)22-19(16-4-2-3-5-18(16)25)23-20(15)24-9-8-14(11-21)12-24/h4-9,12,15,17,29H,10-11,13-14H2,1-3H3,(H,25,30);2-7,10,14,25H,8-9,11-12,21H2,1H3/t17-;14-/m00/s1. The lowest BCUT2D eigenvalue weighted by molar-refractivity contribution is 0.114. The summed E-state index contributed by atoms with van der Waals surface area (Å²) < 4.78 is 5.16. The van der Waals surface area contributed by atoms with Gasteiger partial charge in [0.15, 0.2) is 11.6 Å². The van der Waals surface area contributed by atoms with Gasteiger partial charge in [-0.2, -0.15) is 0 Å². The van der Waals surface area contributed by atoms with Crippen molar-refractivity contribution in [2.75, 3.05) is 49.1 Å². The largest absolute Gasteiger partial charge is 0.507 e. The van der Waals surface area contributed by atoms with Crippen LogP contribution in [0, 0.1) is 25.7 Å². The van der Waals surface area contributed by atoms with Crippen molar-refractivity contribution < 1.29 is 19.7 Å². The predicted octanol–water partition coefficient (Wildman–Crippen LogP) is 7.37. The minimum absolute atomic E-state index is 0.135. The number of phenols is 2. The molecular formula is C44H50N8O4. The third-order valence-corrected chi connectivity index (χ3v) is 10.3. The van der Waals surface area contributed by atoms with Gasteiger partial charge in [-0.05, 0) is 119 Å². The second-order valence-electron chi connectivity index (χ2n) is 15.1. The van der Waals surface area contributed by atoms with Crippen LogP contribution in [-0.2, 0) is 4.74 Å². The SMILES string of the molecule is Cc1ccc2c(N3CC[C@@H](CN)C3)nc(-c3ccccc3O)nc2c1.Cc1ccc2c(N3CC[C@@H](CNC(=O)OC(C)C)C3)nc(-c3ccccc3O)nc2c1. The number of aromatic nitrogens is 4. The Labute approximate surface area is 327 Å². The van der Waals surface area contributed by atoms with Crippen LogP contribution in [0.15, 0.2) is 84.9 Å². The number of para-hydroxylation sites is 2. The number of nitrogens with two attached hydrogens (primary N) is 1.